The van der Waals surface area contributed by atoms with Crippen LogP contribution in [0.15, 0.2) is 48.5 Å². The molecule has 0 atom stereocenters. The van der Waals surface area contributed by atoms with Crippen LogP contribution < -0.4 is 15.5 Å². The number of benzene rings is 2. The zero-order valence-corrected chi connectivity index (χ0v) is 13.1. The molecular weight excluding hydrogens is 314 g/mol. The summed E-state index contributed by atoms with van der Waals surface area (Å²) in [5.41, 5.74) is 3.59. The van der Waals surface area contributed by atoms with Gasteiger partial charge in [-0.3, -0.25) is 9.59 Å². The molecule has 2 amide bonds. The van der Waals surface area contributed by atoms with E-state index < -0.39 is 0 Å². The number of halogens is 1. The van der Waals surface area contributed by atoms with Crippen molar-refractivity contribution in [2.45, 2.75) is 6.54 Å². The number of anilines is 3. The fraction of sp³-hybridized carbons (Fsp3) is 0.176. The van der Waals surface area contributed by atoms with Crippen LogP contribution in [0.25, 0.3) is 0 Å². The lowest BCUT2D eigenvalue weighted by Crippen LogP contribution is -2.37. The highest BCUT2D eigenvalue weighted by Crippen LogP contribution is 2.30. The van der Waals surface area contributed by atoms with Gasteiger partial charge in [-0.15, -0.1) is 11.6 Å². The lowest BCUT2D eigenvalue weighted by molar-refractivity contribution is -0.115. The van der Waals surface area contributed by atoms with Gasteiger partial charge < -0.3 is 15.5 Å². The van der Waals surface area contributed by atoms with Crippen LogP contribution in [0.5, 0.6) is 0 Å². The maximum Gasteiger partial charge on any atom is 0.243 e. The largest absolute Gasteiger partial charge is 0.356 e. The van der Waals surface area contributed by atoms with Gasteiger partial charge in [0.05, 0.1) is 17.9 Å². The fourth-order valence-electron chi connectivity index (χ4n) is 2.55. The van der Waals surface area contributed by atoms with E-state index >= 15 is 0 Å². The van der Waals surface area contributed by atoms with Crippen molar-refractivity contribution in [2.24, 2.45) is 0 Å². The average molecular weight is 330 g/mol. The Hall–Kier alpha value is -2.53. The van der Waals surface area contributed by atoms with E-state index in [0.717, 1.165) is 16.9 Å². The van der Waals surface area contributed by atoms with Crippen molar-refractivity contribution in [3.05, 3.63) is 54.1 Å². The number of amides is 2. The molecule has 0 aliphatic carbocycles. The number of para-hydroxylation sites is 2. The molecule has 0 unspecified atom stereocenters. The molecule has 0 radical (unpaired) electrons. The van der Waals surface area contributed by atoms with Crippen LogP contribution in [0.2, 0.25) is 0 Å². The molecule has 3 rings (SSSR count). The summed E-state index contributed by atoms with van der Waals surface area (Å²) in [5, 5.41) is 5.57. The minimum absolute atomic E-state index is 0.0188. The monoisotopic (exact) mass is 329 g/mol. The van der Waals surface area contributed by atoms with Crippen molar-refractivity contribution >= 4 is 40.5 Å². The minimum Gasteiger partial charge on any atom is -0.356 e. The van der Waals surface area contributed by atoms with Crippen LogP contribution in [-0.2, 0) is 16.1 Å². The second-order valence-electron chi connectivity index (χ2n) is 5.30. The molecule has 2 aromatic carbocycles. The van der Waals surface area contributed by atoms with Crippen molar-refractivity contribution in [1.29, 1.82) is 0 Å². The zero-order valence-electron chi connectivity index (χ0n) is 12.4. The Morgan fingerprint density at radius 3 is 2.65 bits per heavy atom. The maximum atomic E-state index is 11.8. The lowest BCUT2D eigenvalue weighted by atomic mass is 10.1. The van der Waals surface area contributed by atoms with E-state index in [0.29, 0.717) is 18.8 Å². The fourth-order valence-corrected chi connectivity index (χ4v) is 2.62. The standard InChI is InChI=1S/C17H16ClN3O2/c18-9-16(22)19-13-7-5-12(6-8-13)10-21-11-17(23)20-14-3-1-2-4-15(14)21/h1-8H,9-11H2,(H,19,22)(H,20,23). The molecule has 0 spiro atoms. The Morgan fingerprint density at radius 2 is 1.91 bits per heavy atom. The Morgan fingerprint density at radius 1 is 1.17 bits per heavy atom. The summed E-state index contributed by atoms with van der Waals surface area (Å²) in [6, 6.07) is 15.3. The minimum atomic E-state index is -0.235. The molecule has 0 saturated heterocycles. The van der Waals surface area contributed by atoms with E-state index in [4.69, 9.17) is 11.6 Å². The van der Waals surface area contributed by atoms with Gasteiger partial charge >= 0.3 is 0 Å². The highest BCUT2D eigenvalue weighted by molar-refractivity contribution is 6.29. The molecular formula is C17H16ClN3O2. The second kappa shape index (κ2) is 6.71. The summed E-state index contributed by atoms with van der Waals surface area (Å²) in [7, 11) is 0. The van der Waals surface area contributed by atoms with Gasteiger partial charge in [-0.05, 0) is 29.8 Å². The summed E-state index contributed by atoms with van der Waals surface area (Å²) < 4.78 is 0. The van der Waals surface area contributed by atoms with E-state index in [2.05, 4.69) is 10.6 Å². The van der Waals surface area contributed by atoms with Gasteiger partial charge in [-0.25, -0.2) is 0 Å². The second-order valence-corrected chi connectivity index (χ2v) is 5.57. The molecule has 0 saturated carbocycles. The van der Waals surface area contributed by atoms with Gasteiger partial charge in [0.1, 0.15) is 5.88 Å². The molecule has 1 heterocycles. The Kier molecular flexibility index (Phi) is 4.48. The number of nitrogens with zero attached hydrogens (tertiary/aromatic N) is 1. The van der Waals surface area contributed by atoms with E-state index in [9.17, 15) is 9.59 Å². The first-order valence-corrected chi connectivity index (χ1v) is 7.78. The van der Waals surface area contributed by atoms with Gasteiger partial charge in [0.2, 0.25) is 11.8 Å². The van der Waals surface area contributed by atoms with Crippen molar-refractivity contribution < 1.29 is 9.59 Å². The first kappa shape index (κ1) is 15.4. The molecule has 0 fully saturated rings. The van der Waals surface area contributed by atoms with Crippen molar-refractivity contribution in [2.75, 3.05) is 28.0 Å². The topological polar surface area (TPSA) is 61.4 Å². The third-order valence-electron chi connectivity index (χ3n) is 3.59. The molecule has 5 nitrogen and oxygen atoms in total. The molecule has 1 aliphatic heterocycles. The number of carbonyl (C=O) groups excluding carboxylic acids is 2. The van der Waals surface area contributed by atoms with Gasteiger partial charge in [-0.2, -0.15) is 0 Å². The van der Waals surface area contributed by atoms with E-state index in [1.54, 1.807) is 0 Å². The molecule has 23 heavy (non-hydrogen) atoms. The lowest BCUT2D eigenvalue weighted by Gasteiger charge is -2.30. The van der Waals surface area contributed by atoms with Crippen molar-refractivity contribution in [1.82, 2.24) is 0 Å². The maximum absolute atomic E-state index is 11.8. The van der Waals surface area contributed by atoms with E-state index in [-0.39, 0.29) is 17.7 Å². The quantitative estimate of drug-likeness (QED) is 0.848. The van der Waals surface area contributed by atoms with Crippen LogP contribution >= 0.6 is 11.6 Å². The van der Waals surface area contributed by atoms with Crippen LogP contribution in [0.3, 0.4) is 0 Å². The van der Waals surface area contributed by atoms with E-state index in [1.807, 2.05) is 53.4 Å². The first-order chi connectivity index (χ1) is 11.2. The number of carbonyl (C=O) groups is 2. The molecule has 118 valence electrons. The van der Waals surface area contributed by atoms with Crippen LogP contribution in [0.4, 0.5) is 17.1 Å². The summed E-state index contributed by atoms with van der Waals surface area (Å²) in [6.07, 6.45) is 0. The highest BCUT2D eigenvalue weighted by atomic mass is 35.5. The zero-order chi connectivity index (χ0) is 16.2. The van der Waals surface area contributed by atoms with Crippen LogP contribution in [0.1, 0.15) is 5.56 Å². The number of hydrogen-bond donors (Lipinski definition) is 2. The first-order valence-electron chi connectivity index (χ1n) is 7.24. The molecule has 2 aromatic rings. The number of nitrogens with one attached hydrogen (secondary N) is 2. The Bertz CT molecular complexity index is 731. The van der Waals surface area contributed by atoms with Crippen molar-refractivity contribution in [3.8, 4) is 0 Å². The normalized spacial score (nSPS) is 13.3. The SMILES string of the molecule is O=C(CCl)Nc1ccc(CN2CC(=O)Nc3ccccc32)cc1. The number of hydrogen-bond acceptors (Lipinski definition) is 3. The summed E-state index contributed by atoms with van der Waals surface area (Å²) >= 11 is 5.47. The number of alkyl halides is 1. The van der Waals surface area contributed by atoms with Gasteiger partial charge in [0.25, 0.3) is 0 Å². The van der Waals surface area contributed by atoms with Crippen LogP contribution in [0, 0.1) is 0 Å². The molecule has 0 bridgehead atoms. The smallest absolute Gasteiger partial charge is 0.243 e. The molecule has 0 aromatic heterocycles. The Balaban J connectivity index is 1.74. The third-order valence-corrected chi connectivity index (χ3v) is 3.83. The van der Waals surface area contributed by atoms with Gasteiger partial charge in [0.15, 0.2) is 0 Å². The van der Waals surface area contributed by atoms with Crippen LogP contribution in [-0.4, -0.2) is 24.2 Å². The van der Waals surface area contributed by atoms with Gasteiger partial charge in [-0.1, -0.05) is 24.3 Å². The predicted molar refractivity (Wildman–Crippen MR) is 91.9 cm³/mol. The third kappa shape index (κ3) is 3.63. The van der Waals surface area contributed by atoms with Gasteiger partial charge in [0, 0.05) is 12.2 Å². The molecule has 6 heteroatoms. The van der Waals surface area contributed by atoms with E-state index in [1.165, 1.54) is 0 Å². The van der Waals surface area contributed by atoms with Crippen molar-refractivity contribution in [3.63, 3.8) is 0 Å². The average Bonchev–Trinajstić information content (AvgIpc) is 2.56. The summed E-state index contributed by atoms with van der Waals surface area (Å²) in [6.45, 7) is 0.940. The summed E-state index contributed by atoms with van der Waals surface area (Å²) in [5.74, 6) is -0.322. The number of rotatable bonds is 4. The highest BCUT2D eigenvalue weighted by Gasteiger charge is 2.21. The molecule has 1 aliphatic rings. The Labute approximate surface area is 139 Å². The number of fused-ring (bicyclic) bond motifs is 1. The molecule has 2 N–H and O–H groups in total. The predicted octanol–water partition coefficient (Wildman–Crippen LogP) is 2.82. The summed E-state index contributed by atoms with van der Waals surface area (Å²) in [4.78, 5) is 25.1.